The van der Waals surface area contributed by atoms with Crippen molar-refractivity contribution in [3.63, 3.8) is 0 Å². The Morgan fingerprint density at radius 1 is 1.00 bits per heavy atom. The van der Waals surface area contributed by atoms with Gasteiger partial charge in [0.2, 0.25) is 0 Å². The lowest BCUT2D eigenvalue weighted by Gasteiger charge is -2.25. The fourth-order valence-electron chi connectivity index (χ4n) is 4.51. The van der Waals surface area contributed by atoms with E-state index in [-0.39, 0.29) is 0 Å². The lowest BCUT2D eigenvalue weighted by atomic mass is 10.0. The van der Waals surface area contributed by atoms with E-state index in [2.05, 4.69) is 90.5 Å². The van der Waals surface area contributed by atoms with Gasteiger partial charge in [-0.15, -0.1) is 0 Å². The van der Waals surface area contributed by atoms with E-state index in [9.17, 15) is 0 Å². The summed E-state index contributed by atoms with van der Waals surface area (Å²) in [5.41, 5.74) is 7.56. The Hall–Kier alpha value is -2.43. The summed E-state index contributed by atoms with van der Waals surface area (Å²) in [4.78, 5) is 4.84. The van der Waals surface area contributed by atoms with Crippen LogP contribution >= 0.6 is 0 Å². The van der Waals surface area contributed by atoms with Crippen LogP contribution in [0.3, 0.4) is 0 Å². The Balaban J connectivity index is 1.50. The number of aromatic nitrogens is 2. The summed E-state index contributed by atoms with van der Waals surface area (Å²) >= 11 is 0. The lowest BCUT2D eigenvalue weighted by molar-refractivity contribution is 0.248. The lowest BCUT2D eigenvalue weighted by Crippen LogP contribution is -2.23. The molecule has 1 saturated heterocycles. The summed E-state index contributed by atoms with van der Waals surface area (Å²) in [6, 6.07) is 20.7. The van der Waals surface area contributed by atoms with E-state index in [1.165, 1.54) is 35.2 Å². The van der Waals surface area contributed by atoms with Crippen molar-refractivity contribution in [1.29, 1.82) is 0 Å². The second kappa shape index (κ2) is 8.52. The molecule has 1 aliphatic rings. The van der Waals surface area contributed by atoms with Crippen molar-refractivity contribution in [1.82, 2.24) is 19.6 Å². The highest BCUT2D eigenvalue weighted by Crippen LogP contribution is 2.33. The second-order valence-corrected chi connectivity index (χ2v) is 8.62. The van der Waals surface area contributed by atoms with Gasteiger partial charge >= 0.3 is 0 Å². The molecular weight excluding hydrogens is 356 g/mol. The normalized spacial score (nSPS) is 17.3. The molecule has 1 aromatic heterocycles. The first-order chi connectivity index (χ1) is 14.0. The molecule has 4 nitrogen and oxygen atoms in total. The third-order valence-corrected chi connectivity index (χ3v) is 5.78. The minimum absolute atomic E-state index is 0.515. The molecule has 0 bridgehead atoms. The molecule has 1 fully saturated rings. The van der Waals surface area contributed by atoms with Crippen LogP contribution < -0.4 is 0 Å². The summed E-state index contributed by atoms with van der Waals surface area (Å²) in [5, 5.41) is 4.64. The second-order valence-electron chi connectivity index (χ2n) is 8.62. The van der Waals surface area contributed by atoms with Crippen molar-refractivity contribution >= 4 is 0 Å². The van der Waals surface area contributed by atoms with E-state index in [1.807, 2.05) is 11.6 Å². The van der Waals surface area contributed by atoms with Gasteiger partial charge < -0.3 is 4.90 Å². The molecule has 0 saturated carbocycles. The van der Waals surface area contributed by atoms with Gasteiger partial charge in [-0.05, 0) is 82.2 Å². The summed E-state index contributed by atoms with van der Waals surface area (Å²) in [6.07, 6.45) is 2.51. The zero-order valence-corrected chi connectivity index (χ0v) is 18.1. The maximum atomic E-state index is 4.64. The average molecular weight is 389 g/mol. The Labute approximate surface area is 174 Å². The minimum atomic E-state index is 0.515. The molecule has 1 aliphatic heterocycles. The molecular formula is C25H32N4. The zero-order chi connectivity index (χ0) is 20.4. The maximum Gasteiger partial charge on any atom is 0.0651 e. The number of nitrogens with zero attached hydrogens (tertiary/aromatic N) is 4. The molecule has 4 rings (SSSR count). The van der Waals surface area contributed by atoms with E-state index < -0.39 is 0 Å². The highest BCUT2D eigenvalue weighted by molar-refractivity contribution is 5.37. The molecule has 1 atom stereocenters. The Morgan fingerprint density at radius 3 is 2.48 bits per heavy atom. The van der Waals surface area contributed by atoms with Gasteiger partial charge in [0.1, 0.15) is 0 Å². The summed E-state index contributed by atoms with van der Waals surface area (Å²) in [6.45, 7) is 7.30. The van der Waals surface area contributed by atoms with Crippen molar-refractivity contribution < 1.29 is 0 Å². The standard InChI is InChI=1S/C25H32N4/c1-19-15-20(2)29(26-19)24-8-5-7-22(16-24)18-28-14-6-9-25(28)23-12-10-21(11-13-23)17-27(3)4/h5,7-8,10-13,15-16,25H,6,9,14,17-18H2,1-4H3. The average Bonchev–Trinajstić information content (AvgIpc) is 3.28. The van der Waals surface area contributed by atoms with Gasteiger partial charge in [0.25, 0.3) is 0 Å². The van der Waals surface area contributed by atoms with Crippen molar-refractivity contribution in [2.75, 3.05) is 20.6 Å². The number of benzene rings is 2. The van der Waals surface area contributed by atoms with Crippen LogP contribution in [0.2, 0.25) is 0 Å². The van der Waals surface area contributed by atoms with Crippen LogP contribution in [0.4, 0.5) is 0 Å². The van der Waals surface area contributed by atoms with Gasteiger partial charge in [-0.2, -0.15) is 5.10 Å². The molecule has 2 aromatic carbocycles. The molecule has 0 N–H and O–H groups in total. The smallest absolute Gasteiger partial charge is 0.0651 e. The van der Waals surface area contributed by atoms with E-state index in [0.29, 0.717) is 6.04 Å². The first kappa shape index (κ1) is 19.9. The van der Waals surface area contributed by atoms with Gasteiger partial charge in [0.15, 0.2) is 0 Å². The van der Waals surface area contributed by atoms with Gasteiger partial charge in [-0.25, -0.2) is 4.68 Å². The van der Waals surface area contributed by atoms with Crippen molar-refractivity contribution in [3.8, 4) is 5.69 Å². The summed E-state index contributed by atoms with van der Waals surface area (Å²) < 4.78 is 2.05. The number of likely N-dealkylation sites (tertiary alicyclic amines) is 1. The van der Waals surface area contributed by atoms with E-state index in [1.54, 1.807) is 0 Å². The molecule has 0 amide bonds. The van der Waals surface area contributed by atoms with Gasteiger partial charge in [0, 0.05) is 24.8 Å². The monoisotopic (exact) mass is 388 g/mol. The molecule has 2 heterocycles. The maximum absolute atomic E-state index is 4.64. The molecule has 3 aromatic rings. The largest absolute Gasteiger partial charge is 0.305 e. The topological polar surface area (TPSA) is 24.3 Å². The van der Waals surface area contributed by atoms with Crippen LogP contribution in [0, 0.1) is 13.8 Å². The molecule has 4 heteroatoms. The molecule has 0 spiro atoms. The van der Waals surface area contributed by atoms with Crippen molar-refractivity contribution in [2.24, 2.45) is 0 Å². The number of hydrogen-bond acceptors (Lipinski definition) is 3. The van der Waals surface area contributed by atoms with Crippen molar-refractivity contribution in [2.45, 2.75) is 45.8 Å². The predicted octanol–water partition coefficient (Wildman–Crippen LogP) is 4.89. The molecule has 1 unspecified atom stereocenters. The first-order valence-electron chi connectivity index (χ1n) is 10.6. The predicted molar refractivity (Wildman–Crippen MR) is 119 cm³/mol. The van der Waals surface area contributed by atoms with Crippen LogP contribution in [-0.4, -0.2) is 40.2 Å². The molecule has 0 aliphatic carbocycles. The number of rotatable bonds is 6. The third-order valence-electron chi connectivity index (χ3n) is 5.78. The van der Waals surface area contributed by atoms with Gasteiger partial charge in [-0.1, -0.05) is 36.4 Å². The highest BCUT2D eigenvalue weighted by Gasteiger charge is 2.26. The SMILES string of the molecule is Cc1cc(C)n(-c2cccc(CN3CCCC3c3ccc(CN(C)C)cc3)c2)n1. The molecule has 29 heavy (non-hydrogen) atoms. The van der Waals surface area contributed by atoms with Crippen molar-refractivity contribution in [3.05, 3.63) is 82.7 Å². The number of aryl methyl sites for hydroxylation is 2. The van der Waals surface area contributed by atoms with Crippen LogP contribution in [0.25, 0.3) is 5.69 Å². The van der Waals surface area contributed by atoms with Crippen LogP contribution in [0.1, 0.15) is 47.0 Å². The van der Waals surface area contributed by atoms with Gasteiger partial charge in [-0.3, -0.25) is 4.90 Å². The number of hydrogen-bond donors (Lipinski definition) is 0. The summed E-state index contributed by atoms with van der Waals surface area (Å²) in [7, 11) is 4.24. The van der Waals surface area contributed by atoms with Crippen LogP contribution in [0.5, 0.6) is 0 Å². The Bertz CT molecular complexity index is 955. The Morgan fingerprint density at radius 2 is 1.79 bits per heavy atom. The summed E-state index contributed by atoms with van der Waals surface area (Å²) in [5.74, 6) is 0. The quantitative estimate of drug-likeness (QED) is 0.601. The van der Waals surface area contributed by atoms with Crippen LogP contribution in [0.15, 0.2) is 54.6 Å². The molecule has 152 valence electrons. The van der Waals surface area contributed by atoms with Crippen LogP contribution in [-0.2, 0) is 13.1 Å². The zero-order valence-electron chi connectivity index (χ0n) is 18.1. The minimum Gasteiger partial charge on any atom is -0.305 e. The van der Waals surface area contributed by atoms with E-state index in [4.69, 9.17) is 0 Å². The van der Waals surface area contributed by atoms with E-state index >= 15 is 0 Å². The van der Waals surface area contributed by atoms with E-state index in [0.717, 1.165) is 31.0 Å². The fourth-order valence-corrected chi connectivity index (χ4v) is 4.51. The Kier molecular flexibility index (Phi) is 5.84. The fraction of sp³-hybridized carbons (Fsp3) is 0.400. The highest BCUT2D eigenvalue weighted by atomic mass is 15.3. The molecule has 0 radical (unpaired) electrons. The third kappa shape index (κ3) is 4.60. The first-order valence-corrected chi connectivity index (χ1v) is 10.6. The van der Waals surface area contributed by atoms with Gasteiger partial charge in [0.05, 0.1) is 11.4 Å².